The third kappa shape index (κ3) is 7.26. The monoisotopic (exact) mass is 555 g/mol. The van der Waals surface area contributed by atoms with E-state index in [1.165, 1.54) is 30.2 Å². The van der Waals surface area contributed by atoms with Gasteiger partial charge in [-0.05, 0) is 53.9 Å². The maximum absolute atomic E-state index is 13.6. The minimum Gasteiger partial charge on any atom is -0.383 e. The first kappa shape index (κ1) is 28.8. The van der Waals surface area contributed by atoms with Crippen LogP contribution in [0.15, 0.2) is 79.0 Å². The number of H-pyrrole nitrogens is 1. The summed E-state index contributed by atoms with van der Waals surface area (Å²) in [5, 5.41) is 1.03. The number of nitrogens with one attached hydrogen (secondary N) is 1. The summed E-state index contributed by atoms with van der Waals surface area (Å²) in [6.45, 7) is 0.189. The molecular formula is C30H29F4N3O3. The van der Waals surface area contributed by atoms with Crippen LogP contribution >= 0.6 is 0 Å². The highest BCUT2D eigenvalue weighted by Crippen LogP contribution is 2.30. The SMILES string of the molecule is COCCN(CC(=O)N(CCc1c[nH]c2ccccc12)Cc1ccc(F)cc1)C(=O)c1cccc(C(F)(F)F)c1. The van der Waals surface area contributed by atoms with E-state index in [-0.39, 0.29) is 31.8 Å². The molecular weight excluding hydrogens is 526 g/mol. The summed E-state index contributed by atoms with van der Waals surface area (Å²) in [4.78, 5) is 32.8. The summed E-state index contributed by atoms with van der Waals surface area (Å²) in [5.74, 6) is -1.52. The number of para-hydroxylation sites is 1. The van der Waals surface area contributed by atoms with Gasteiger partial charge in [0.05, 0.1) is 12.2 Å². The molecule has 1 heterocycles. The van der Waals surface area contributed by atoms with Crippen LogP contribution in [0.2, 0.25) is 0 Å². The van der Waals surface area contributed by atoms with Gasteiger partial charge >= 0.3 is 6.18 Å². The number of rotatable bonds is 11. The lowest BCUT2D eigenvalue weighted by Crippen LogP contribution is -2.44. The molecule has 0 bridgehead atoms. The number of carbonyl (C=O) groups is 2. The zero-order valence-electron chi connectivity index (χ0n) is 21.9. The third-order valence-electron chi connectivity index (χ3n) is 6.58. The van der Waals surface area contributed by atoms with E-state index in [9.17, 15) is 27.2 Å². The van der Waals surface area contributed by atoms with E-state index >= 15 is 0 Å². The van der Waals surface area contributed by atoms with Crippen molar-refractivity contribution in [3.8, 4) is 0 Å². The number of aromatic nitrogens is 1. The maximum atomic E-state index is 13.6. The van der Waals surface area contributed by atoms with Crippen LogP contribution in [-0.2, 0) is 28.7 Å². The Balaban J connectivity index is 1.56. The number of methoxy groups -OCH3 is 1. The zero-order chi connectivity index (χ0) is 28.7. The molecule has 4 rings (SSSR count). The van der Waals surface area contributed by atoms with Gasteiger partial charge in [-0.2, -0.15) is 13.2 Å². The van der Waals surface area contributed by atoms with Crippen molar-refractivity contribution >= 4 is 22.7 Å². The summed E-state index contributed by atoms with van der Waals surface area (Å²) >= 11 is 0. The Kier molecular flexibility index (Phi) is 9.21. The fraction of sp³-hybridized carbons (Fsp3) is 0.267. The lowest BCUT2D eigenvalue weighted by Gasteiger charge is -2.28. The van der Waals surface area contributed by atoms with Crippen molar-refractivity contribution in [2.45, 2.75) is 19.1 Å². The molecule has 1 N–H and O–H groups in total. The van der Waals surface area contributed by atoms with Gasteiger partial charge in [0, 0.05) is 49.4 Å². The number of ether oxygens (including phenoxy) is 1. The van der Waals surface area contributed by atoms with Gasteiger partial charge in [0.2, 0.25) is 5.91 Å². The number of hydrogen-bond donors (Lipinski definition) is 1. The Morgan fingerprint density at radius 3 is 2.40 bits per heavy atom. The fourth-order valence-electron chi connectivity index (χ4n) is 4.42. The van der Waals surface area contributed by atoms with Crippen LogP contribution in [0.3, 0.4) is 0 Å². The van der Waals surface area contributed by atoms with Gasteiger partial charge in [-0.25, -0.2) is 4.39 Å². The van der Waals surface area contributed by atoms with E-state index < -0.39 is 29.4 Å². The van der Waals surface area contributed by atoms with Crippen molar-refractivity contribution in [1.29, 1.82) is 0 Å². The molecule has 0 aliphatic carbocycles. The Labute approximate surface area is 229 Å². The van der Waals surface area contributed by atoms with Gasteiger partial charge in [-0.15, -0.1) is 0 Å². The molecule has 0 saturated heterocycles. The quantitative estimate of drug-likeness (QED) is 0.242. The number of amides is 2. The van der Waals surface area contributed by atoms with Crippen LogP contribution in [0.25, 0.3) is 10.9 Å². The molecule has 2 amide bonds. The zero-order valence-corrected chi connectivity index (χ0v) is 21.9. The van der Waals surface area contributed by atoms with E-state index in [2.05, 4.69) is 4.98 Å². The van der Waals surface area contributed by atoms with Crippen LogP contribution in [0.4, 0.5) is 17.6 Å². The second-order valence-electron chi connectivity index (χ2n) is 9.35. The van der Waals surface area contributed by atoms with Crippen molar-refractivity contribution in [2.75, 3.05) is 33.4 Å². The first-order chi connectivity index (χ1) is 19.2. The Morgan fingerprint density at radius 1 is 0.925 bits per heavy atom. The van der Waals surface area contributed by atoms with Crippen molar-refractivity contribution in [2.24, 2.45) is 0 Å². The second kappa shape index (κ2) is 12.8. The van der Waals surface area contributed by atoms with Gasteiger partial charge in [-0.3, -0.25) is 9.59 Å². The lowest BCUT2D eigenvalue weighted by atomic mass is 10.1. The first-order valence-corrected chi connectivity index (χ1v) is 12.7. The van der Waals surface area contributed by atoms with E-state index in [0.29, 0.717) is 18.5 Å². The highest BCUT2D eigenvalue weighted by Gasteiger charge is 2.31. The summed E-state index contributed by atoms with van der Waals surface area (Å²) in [6, 6.07) is 17.7. The molecule has 0 spiro atoms. The Hall–Kier alpha value is -4.18. The molecule has 6 nitrogen and oxygen atoms in total. The normalized spacial score (nSPS) is 11.5. The van der Waals surface area contributed by atoms with Gasteiger partial charge in [0.1, 0.15) is 12.4 Å². The molecule has 1 aromatic heterocycles. The van der Waals surface area contributed by atoms with E-state index in [1.807, 2.05) is 30.5 Å². The molecule has 0 aliphatic heterocycles. The van der Waals surface area contributed by atoms with Crippen molar-refractivity contribution in [3.63, 3.8) is 0 Å². The Bertz CT molecular complexity index is 1450. The molecule has 4 aromatic rings. The second-order valence-corrected chi connectivity index (χ2v) is 9.35. The fourth-order valence-corrected chi connectivity index (χ4v) is 4.42. The minimum absolute atomic E-state index is 0.00412. The predicted octanol–water partition coefficient (Wildman–Crippen LogP) is 5.69. The van der Waals surface area contributed by atoms with Gasteiger partial charge in [0.25, 0.3) is 5.91 Å². The van der Waals surface area contributed by atoms with Crippen LogP contribution in [0.1, 0.15) is 27.0 Å². The molecule has 0 atom stereocenters. The van der Waals surface area contributed by atoms with Crippen molar-refractivity contribution in [1.82, 2.24) is 14.8 Å². The maximum Gasteiger partial charge on any atom is 0.416 e. The smallest absolute Gasteiger partial charge is 0.383 e. The first-order valence-electron chi connectivity index (χ1n) is 12.7. The van der Waals surface area contributed by atoms with Crippen molar-refractivity contribution < 1.29 is 31.9 Å². The summed E-state index contributed by atoms with van der Waals surface area (Å²) in [5.41, 5.74) is 1.53. The molecule has 0 radical (unpaired) electrons. The van der Waals surface area contributed by atoms with E-state index in [4.69, 9.17) is 4.74 Å². The number of hydrogen-bond acceptors (Lipinski definition) is 3. The minimum atomic E-state index is -4.61. The lowest BCUT2D eigenvalue weighted by molar-refractivity contribution is -0.137. The largest absolute Gasteiger partial charge is 0.416 e. The number of fused-ring (bicyclic) bond motifs is 1. The molecule has 40 heavy (non-hydrogen) atoms. The number of aromatic amines is 1. The third-order valence-corrected chi connectivity index (χ3v) is 6.58. The average molecular weight is 556 g/mol. The number of alkyl halides is 3. The van der Waals surface area contributed by atoms with Crippen LogP contribution < -0.4 is 0 Å². The number of benzene rings is 3. The van der Waals surface area contributed by atoms with E-state index in [1.54, 1.807) is 17.0 Å². The highest BCUT2D eigenvalue weighted by molar-refractivity contribution is 5.96. The summed E-state index contributed by atoms with van der Waals surface area (Å²) < 4.78 is 58.3. The van der Waals surface area contributed by atoms with Crippen LogP contribution in [-0.4, -0.2) is 59.9 Å². The molecule has 0 unspecified atom stereocenters. The number of carbonyl (C=O) groups excluding carboxylic acids is 2. The highest BCUT2D eigenvalue weighted by atomic mass is 19.4. The summed E-state index contributed by atoms with van der Waals surface area (Å²) in [7, 11) is 1.43. The average Bonchev–Trinajstić information content (AvgIpc) is 3.36. The predicted molar refractivity (Wildman–Crippen MR) is 143 cm³/mol. The summed E-state index contributed by atoms with van der Waals surface area (Å²) in [6.07, 6.45) is -2.22. The van der Waals surface area contributed by atoms with Gasteiger partial charge in [0.15, 0.2) is 0 Å². The topological polar surface area (TPSA) is 65.6 Å². The van der Waals surface area contributed by atoms with Crippen molar-refractivity contribution in [3.05, 3.63) is 107 Å². The van der Waals surface area contributed by atoms with Gasteiger partial charge < -0.3 is 19.5 Å². The molecule has 0 fully saturated rings. The van der Waals surface area contributed by atoms with Crippen LogP contribution in [0.5, 0.6) is 0 Å². The van der Waals surface area contributed by atoms with Crippen LogP contribution in [0, 0.1) is 5.82 Å². The number of halogens is 4. The molecule has 10 heteroatoms. The molecule has 0 aliphatic rings. The molecule has 3 aromatic carbocycles. The molecule has 0 saturated carbocycles. The standard InChI is InChI=1S/C30H29F4N3O3/c1-40-16-15-37(29(39)22-5-4-6-24(17-22)30(32,33)34)20-28(38)36(19-21-9-11-25(31)12-10-21)14-13-23-18-35-27-8-3-2-7-26(23)27/h2-12,17-18,35H,13-16,19-20H2,1H3. The Morgan fingerprint density at radius 2 is 1.68 bits per heavy atom. The molecule has 210 valence electrons. The number of nitrogens with zero attached hydrogens (tertiary/aromatic N) is 2. The van der Waals surface area contributed by atoms with Gasteiger partial charge in [-0.1, -0.05) is 36.4 Å². The van der Waals surface area contributed by atoms with E-state index in [0.717, 1.165) is 34.7 Å².